The van der Waals surface area contributed by atoms with Crippen molar-refractivity contribution in [3.8, 4) is 5.75 Å². The van der Waals surface area contributed by atoms with Gasteiger partial charge < -0.3 is 30.5 Å². The summed E-state index contributed by atoms with van der Waals surface area (Å²) in [6.45, 7) is -0.162. The Morgan fingerprint density at radius 1 is 0.971 bits per heavy atom. The van der Waals surface area contributed by atoms with Gasteiger partial charge in [-0.3, -0.25) is 4.79 Å². The first kappa shape index (κ1) is 23.4. The zero-order valence-electron chi connectivity index (χ0n) is 19.8. The van der Waals surface area contributed by atoms with Gasteiger partial charge in [0.1, 0.15) is 18.0 Å². The molecule has 3 fully saturated rings. The van der Waals surface area contributed by atoms with Crippen LogP contribution in [0.5, 0.6) is 5.75 Å². The number of ether oxygens (including phenoxy) is 2. The van der Waals surface area contributed by atoms with E-state index in [1.807, 2.05) is 18.2 Å². The number of rotatable bonds is 6. The van der Waals surface area contributed by atoms with Crippen LogP contribution < -0.4 is 20.7 Å². The first-order valence-electron chi connectivity index (χ1n) is 13.0. The fraction of sp³-hybridized carbons (Fsp3) is 0.692. The number of urea groups is 1. The second-order valence-electron chi connectivity index (χ2n) is 10.3. The van der Waals surface area contributed by atoms with Gasteiger partial charge in [-0.2, -0.15) is 0 Å². The Kier molecular flexibility index (Phi) is 7.25. The lowest BCUT2D eigenvalue weighted by Gasteiger charge is -2.37. The highest BCUT2D eigenvalue weighted by molar-refractivity contribution is 5.89. The average Bonchev–Trinajstić information content (AvgIpc) is 3.46. The second-order valence-corrected chi connectivity index (χ2v) is 10.3. The van der Waals surface area contributed by atoms with Gasteiger partial charge in [0.25, 0.3) is 0 Å². The largest absolute Gasteiger partial charge is 0.487 e. The summed E-state index contributed by atoms with van der Waals surface area (Å²) in [5.74, 6) is 0.778. The highest BCUT2D eigenvalue weighted by Crippen LogP contribution is 2.47. The van der Waals surface area contributed by atoms with Gasteiger partial charge in [0.05, 0.1) is 19.1 Å². The number of aliphatic hydroxyl groups is 1. The zero-order valence-corrected chi connectivity index (χ0v) is 19.8. The Bertz CT molecular complexity index is 881. The third-order valence-electron chi connectivity index (χ3n) is 7.83. The van der Waals surface area contributed by atoms with Crippen LogP contribution in [-0.2, 0) is 9.53 Å². The molecule has 5 rings (SSSR count). The van der Waals surface area contributed by atoms with Crippen LogP contribution in [0, 0.1) is 0 Å². The van der Waals surface area contributed by atoms with Crippen molar-refractivity contribution in [3.05, 3.63) is 23.8 Å². The van der Waals surface area contributed by atoms with Crippen molar-refractivity contribution in [1.82, 2.24) is 10.6 Å². The van der Waals surface area contributed by atoms with Crippen molar-refractivity contribution in [2.75, 3.05) is 11.9 Å². The van der Waals surface area contributed by atoms with E-state index in [9.17, 15) is 14.7 Å². The van der Waals surface area contributed by atoms with Gasteiger partial charge in [-0.15, -0.1) is 0 Å². The number of carbonyl (C=O) groups excluding carboxylic acids is 2. The third-order valence-corrected chi connectivity index (χ3v) is 7.83. The number of hydrogen-bond donors (Lipinski definition) is 4. The van der Waals surface area contributed by atoms with E-state index in [1.165, 1.54) is 19.3 Å². The number of fused-ring (bicyclic) bond motifs is 3. The predicted molar refractivity (Wildman–Crippen MR) is 128 cm³/mol. The molecule has 4 N–H and O–H groups in total. The molecule has 2 heterocycles. The molecule has 4 aliphatic rings. The van der Waals surface area contributed by atoms with Gasteiger partial charge in [0, 0.05) is 29.3 Å². The molecule has 0 spiro atoms. The number of amides is 3. The Balaban J connectivity index is 1.23. The molecule has 0 unspecified atom stereocenters. The average molecular weight is 472 g/mol. The highest BCUT2D eigenvalue weighted by atomic mass is 16.6. The first-order chi connectivity index (χ1) is 16.6. The maximum absolute atomic E-state index is 12.6. The fourth-order valence-corrected chi connectivity index (χ4v) is 6.13. The Morgan fingerprint density at radius 2 is 1.68 bits per heavy atom. The molecule has 2 saturated carbocycles. The summed E-state index contributed by atoms with van der Waals surface area (Å²) in [7, 11) is 0. The molecular formula is C26H37N3O5. The summed E-state index contributed by atoms with van der Waals surface area (Å²) in [5, 5.41) is 19.2. The normalized spacial score (nSPS) is 29.1. The van der Waals surface area contributed by atoms with Crippen LogP contribution in [0.15, 0.2) is 18.2 Å². The molecule has 0 bridgehead atoms. The number of benzene rings is 1. The van der Waals surface area contributed by atoms with E-state index in [2.05, 4.69) is 16.0 Å². The minimum absolute atomic E-state index is 0.00772. The van der Waals surface area contributed by atoms with E-state index in [1.54, 1.807) is 0 Å². The molecule has 1 aromatic rings. The summed E-state index contributed by atoms with van der Waals surface area (Å²) in [4.78, 5) is 25.1. The van der Waals surface area contributed by atoms with Gasteiger partial charge in [0.2, 0.25) is 5.91 Å². The van der Waals surface area contributed by atoms with Crippen LogP contribution >= 0.6 is 0 Å². The topological polar surface area (TPSA) is 109 Å². The Hall–Kier alpha value is -2.32. The van der Waals surface area contributed by atoms with E-state index >= 15 is 0 Å². The van der Waals surface area contributed by atoms with Gasteiger partial charge >= 0.3 is 6.03 Å². The minimum atomic E-state index is -0.485. The van der Waals surface area contributed by atoms with Crippen molar-refractivity contribution in [3.63, 3.8) is 0 Å². The van der Waals surface area contributed by atoms with Crippen molar-refractivity contribution < 1.29 is 24.2 Å². The standard InChI is InChI=1S/C26H37N3O5/c30-15-23-25-21(13-19(33-23)14-24(31)27-16-8-4-5-9-16)20-12-18(10-11-22(20)34-25)29-26(32)28-17-6-2-1-3-7-17/h10-12,16-17,19,21,23,25,30H,1-9,13-15H2,(H,27,31)(H2,28,29,32)/t19-,21-,23-,25+/m0/s1. The summed E-state index contributed by atoms with van der Waals surface area (Å²) in [6, 6.07) is 6.03. The van der Waals surface area contributed by atoms with Gasteiger partial charge in [-0.1, -0.05) is 32.1 Å². The molecule has 0 radical (unpaired) electrons. The van der Waals surface area contributed by atoms with E-state index in [4.69, 9.17) is 9.47 Å². The van der Waals surface area contributed by atoms with Gasteiger partial charge in [-0.05, 0) is 50.3 Å². The van der Waals surface area contributed by atoms with Crippen LogP contribution in [-0.4, -0.2) is 54.0 Å². The summed E-state index contributed by atoms with van der Waals surface area (Å²) >= 11 is 0. The van der Waals surface area contributed by atoms with Crippen LogP contribution in [0.1, 0.15) is 82.1 Å². The van der Waals surface area contributed by atoms with Crippen LogP contribution in [0.25, 0.3) is 0 Å². The Labute approximate surface area is 201 Å². The lowest BCUT2D eigenvalue weighted by Crippen LogP contribution is -2.47. The predicted octanol–water partition coefficient (Wildman–Crippen LogP) is 3.58. The van der Waals surface area contributed by atoms with Crippen molar-refractivity contribution in [2.24, 2.45) is 0 Å². The monoisotopic (exact) mass is 471 g/mol. The number of hydrogen-bond acceptors (Lipinski definition) is 5. The molecule has 8 nitrogen and oxygen atoms in total. The minimum Gasteiger partial charge on any atom is -0.487 e. The van der Waals surface area contributed by atoms with Crippen molar-refractivity contribution in [1.29, 1.82) is 0 Å². The molecular weight excluding hydrogens is 434 g/mol. The maximum Gasteiger partial charge on any atom is 0.319 e. The second kappa shape index (κ2) is 10.5. The molecule has 3 amide bonds. The molecule has 34 heavy (non-hydrogen) atoms. The number of anilines is 1. The molecule has 4 atom stereocenters. The number of aliphatic hydroxyl groups excluding tert-OH is 1. The molecule has 186 valence electrons. The quantitative estimate of drug-likeness (QED) is 0.507. The van der Waals surface area contributed by atoms with Gasteiger partial charge in [-0.25, -0.2) is 4.79 Å². The summed E-state index contributed by atoms with van der Waals surface area (Å²) < 4.78 is 12.2. The van der Waals surface area contributed by atoms with E-state index < -0.39 is 6.10 Å². The summed E-state index contributed by atoms with van der Waals surface area (Å²) in [6.07, 6.45) is 9.96. The third kappa shape index (κ3) is 5.33. The lowest BCUT2D eigenvalue weighted by molar-refractivity contribution is -0.142. The zero-order chi connectivity index (χ0) is 23.5. The highest BCUT2D eigenvalue weighted by Gasteiger charge is 2.46. The molecule has 2 aliphatic heterocycles. The smallest absolute Gasteiger partial charge is 0.319 e. The maximum atomic E-state index is 12.6. The van der Waals surface area contributed by atoms with Crippen LogP contribution in [0.2, 0.25) is 0 Å². The lowest BCUT2D eigenvalue weighted by atomic mass is 9.84. The molecule has 8 heteroatoms. The van der Waals surface area contributed by atoms with Crippen LogP contribution in [0.4, 0.5) is 10.5 Å². The molecule has 2 aliphatic carbocycles. The Morgan fingerprint density at radius 3 is 2.41 bits per heavy atom. The van der Waals surface area contributed by atoms with Crippen molar-refractivity contribution in [2.45, 2.75) is 107 Å². The summed E-state index contributed by atoms with van der Waals surface area (Å²) in [5.41, 5.74) is 1.72. The molecule has 0 aromatic heterocycles. The van der Waals surface area contributed by atoms with E-state index in [0.29, 0.717) is 6.42 Å². The van der Waals surface area contributed by atoms with E-state index in [0.717, 1.165) is 55.5 Å². The number of nitrogens with one attached hydrogen (secondary N) is 3. The SMILES string of the molecule is O=C(C[C@@H]1C[C@H]2c3cc(NC(=O)NC4CCCCC4)ccc3O[C@H]2[C@H](CO)O1)NC1CCCC1. The number of carbonyl (C=O) groups is 2. The van der Waals surface area contributed by atoms with Crippen molar-refractivity contribution >= 4 is 17.6 Å². The molecule has 1 saturated heterocycles. The van der Waals surface area contributed by atoms with Crippen LogP contribution in [0.3, 0.4) is 0 Å². The molecule has 1 aromatic carbocycles. The van der Waals surface area contributed by atoms with E-state index in [-0.39, 0.29) is 55.2 Å². The fourth-order valence-electron chi connectivity index (χ4n) is 6.13. The first-order valence-corrected chi connectivity index (χ1v) is 13.0. The van der Waals surface area contributed by atoms with Gasteiger partial charge in [0.15, 0.2) is 0 Å².